The molecule has 1 aromatic heterocycles. The van der Waals surface area contributed by atoms with Gasteiger partial charge >= 0.3 is 0 Å². The highest BCUT2D eigenvalue weighted by atomic mass is 32.2. The van der Waals surface area contributed by atoms with Crippen molar-refractivity contribution in [1.82, 2.24) is 4.98 Å². The molecule has 1 N–H and O–H groups in total. The minimum atomic E-state index is -1.09. The highest BCUT2D eigenvalue weighted by Crippen LogP contribution is 2.41. The van der Waals surface area contributed by atoms with Crippen molar-refractivity contribution >= 4 is 35.0 Å². The molecule has 8 heteroatoms. The van der Waals surface area contributed by atoms with E-state index in [2.05, 4.69) is 10.3 Å². The number of halogens is 2. The number of rotatable bonds is 3. The lowest BCUT2D eigenvalue weighted by atomic mass is 10.2. The second kappa shape index (κ2) is 7.63. The van der Waals surface area contributed by atoms with E-state index in [4.69, 9.17) is 0 Å². The minimum absolute atomic E-state index is 0.00358. The Hall–Kier alpha value is -3.26. The Kier molecular flexibility index (Phi) is 5.02. The summed E-state index contributed by atoms with van der Waals surface area (Å²) < 4.78 is 26.5. The van der Waals surface area contributed by atoms with E-state index >= 15 is 0 Å². The monoisotopic (exact) mass is 411 g/mol. The minimum Gasteiger partial charge on any atom is -0.322 e. The molecule has 146 valence electrons. The fraction of sp³-hybridized carbons (Fsp3) is 0.0952. The smallest absolute Gasteiger partial charge is 0.261 e. The summed E-state index contributed by atoms with van der Waals surface area (Å²) in [6, 6.07) is 11.6. The van der Waals surface area contributed by atoms with E-state index < -0.39 is 17.5 Å². The first-order valence-electron chi connectivity index (χ1n) is 8.83. The molecule has 0 atom stereocenters. The number of aromatic nitrogens is 1. The topological polar surface area (TPSA) is 62.3 Å². The van der Waals surface area contributed by atoms with Crippen molar-refractivity contribution in [3.8, 4) is 0 Å². The van der Waals surface area contributed by atoms with Crippen LogP contribution in [0.5, 0.6) is 0 Å². The first-order chi connectivity index (χ1) is 14.0. The van der Waals surface area contributed by atoms with Gasteiger partial charge < -0.3 is 10.2 Å². The molecule has 2 amide bonds. The molecule has 1 aliphatic rings. The molecule has 4 rings (SSSR count). The zero-order chi connectivity index (χ0) is 20.5. The summed E-state index contributed by atoms with van der Waals surface area (Å²) in [4.78, 5) is 32.0. The molecular formula is C21H15F2N3O2S. The van der Waals surface area contributed by atoms with Crippen molar-refractivity contribution < 1.29 is 18.4 Å². The van der Waals surface area contributed by atoms with Gasteiger partial charge in [0.05, 0.1) is 11.3 Å². The van der Waals surface area contributed by atoms with E-state index in [-0.39, 0.29) is 11.5 Å². The molecule has 0 unspecified atom stereocenters. The summed E-state index contributed by atoms with van der Waals surface area (Å²) >= 11 is 1.33. The zero-order valence-corrected chi connectivity index (χ0v) is 16.1. The lowest BCUT2D eigenvalue weighted by Gasteiger charge is -2.21. The van der Waals surface area contributed by atoms with Crippen LogP contribution in [0.25, 0.3) is 0 Å². The van der Waals surface area contributed by atoms with Gasteiger partial charge in [0.1, 0.15) is 5.03 Å². The maximum absolute atomic E-state index is 13.4. The number of pyridine rings is 1. The van der Waals surface area contributed by atoms with Gasteiger partial charge in [-0.2, -0.15) is 0 Å². The van der Waals surface area contributed by atoms with Crippen LogP contribution in [0.1, 0.15) is 27.6 Å². The van der Waals surface area contributed by atoms with E-state index in [1.165, 1.54) is 17.8 Å². The number of hydrogen-bond donors (Lipinski definition) is 1. The highest BCUT2D eigenvalue weighted by Gasteiger charge is 2.27. The molecule has 3 aromatic rings. The third kappa shape index (κ3) is 3.58. The number of carbonyl (C=O) groups is 2. The van der Waals surface area contributed by atoms with Crippen molar-refractivity contribution in [2.24, 2.45) is 0 Å². The van der Waals surface area contributed by atoms with Gasteiger partial charge in [0.15, 0.2) is 11.6 Å². The Morgan fingerprint density at radius 2 is 1.97 bits per heavy atom. The van der Waals surface area contributed by atoms with Crippen LogP contribution in [0.2, 0.25) is 0 Å². The van der Waals surface area contributed by atoms with Crippen molar-refractivity contribution in [3.63, 3.8) is 0 Å². The van der Waals surface area contributed by atoms with E-state index in [9.17, 15) is 18.4 Å². The Morgan fingerprint density at radius 3 is 2.72 bits per heavy atom. The lowest BCUT2D eigenvalue weighted by molar-refractivity contribution is 0.0983. The maximum atomic E-state index is 13.4. The normalized spacial score (nSPS) is 12.8. The van der Waals surface area contributed by atoms with Crippen LogP contribution >= 0.6 is 11.8 Å². The van der Waals surface area contributed by atoms with Crippen LogP contribution in [0, 0.1) is 11.6 Å². The predicted molar refractivity (Wildman–Crippen MR) is 106 cm³/mol. The number of benzene rings is 2. The van der Waals surface area contributed by atoms with Crippen LogP contribution in [-0.4, -0.2) is 23.3 Å². The van der Waals surface area contributed by atoms with E-state index in [0.29, 0.717) is 28.5 Å². The third-order valence-electron chi connectivity index (χ3n) is 4.46. The number of fused-ring (bicyclic) bond motifs is 2. The largest absolute Gasteiger partial charge is 0.322 e. The number of anilines is 2. The summed E-state index contributed by atoms with van der Waals surface area (Å²) in [7, 11) is 0. The van der Waals surface area contributed by atoms with Crippen LogP contribution in [0.15, 0.2) is 64.6 Å². The van der Waals surface area contributed by atoms with Crippen molar-refractivity contribution in [2.45, 2.75) is 16.8 Å². The molecule has 0 bridgehead atoms. The summed E-state index contributed by atoms with van der Waals surface area (Å²) in [5, 5.41) is 3.26. The fourth-order valence-corrected chi connectivity index (χ4v) is 4.10. The van der Waals surface area contributed by atoms with Crippen LogP contribution in [0.4, 0.5) is 20.2 Å². The zero-order valence-electron chi connectivity index (χ0n) is 15.3. The SMILES string of the molecule is CCN1C(=O)c2cccnc2Sc2cc(NC(=O)c3ccc(F)c(F)c3)ccc21. The Balaban J connectivity index is 1.68. The summed E-state index contributed by atoms with van der Waals surface area (Å²) in [6.45, 7) is 2.35. The second-order valence-electron chi connectivity index (χ2n) is 6.27. The quantitative estimate of drug-likeness (QED) is 0.676. The van der Waals surface area contributed by atoms with E-state index in [1.54, 1.807) is 41.4 Å². The average Bonchev–Trinajstić information content (AvgIpc) is 2.83. The van der Waals surface area contributed by atoms with Crippen LogP contribution in [-0.2, 0) is 0 Å². The first kappa shape index (κ1) is 19.1. The Bertz CT molecular complexity index is 1140. The number of nitrogens with one attached hydrogen (secondary N) is 1. The molecule has 0 saturated carbocycles. The van der Waals surface area contributed by atoms with Gasteiger partial charge in [0.25, 0.3) is 11.8 Å². The van der Waals surface area contributed by atoms with Gasteiger partial charge in [-0.05, 0) is 55.5 Å². The standard InChI is InChI=1S/C21H15F2N3O2S/c1-2-26-17-8-6-13(25-19(27)12-5-7-15(22)16(23)10-12)11-18(17)29-20-14(21(26)28)4-3-9-24-20/h3-11H,2H2,1H3,(H,25,27). The summed E-state index contributed by atoms with van der Waals surface area (Å²) in [5.41, 5.74) is 1.70. The molecule has 5 nitrogen and oxygen atoms in total. The molecule has 29 heavy (non-hydrogen) atoms. The molecule has 0 saturated heterocycles. The van der Waals surface area contributed by atoms with Crippen LogP contribution < -0.4 is 10.2 Å². The molecular weight excluding hydrogens is 396 g/mol. The van der Waals surface area contributed by atoms with E-state index in [1.807, 2.05) is 6.92 Å². The summed E-state index contributed by atoms with van der Waals surface area (Å²) in [6.07, 6.45) is 1.62. The predicted octanol–water partition coefficient (Wildman–Crippen LogP) is 4.74. The van der Waals surface area contributed by atoms with Gasteiger partial charge in [0.2, 0.25) is 0 Å². The van der Waals surface area contributed by atoms with Crippen molar-refractivity contribution in [1.29, 1.82) is 0 Å². The molecule has 2 aromatic carbocycles. The van der Waals surface area contributed by atoms with Gasteiger partial charge in [0, 0.05) is 28.9 Å². The molecule has 0 spiro atoms. The number of amides is 2. The molecule has 1 aliphatic heterocycles. The average molecular weight is 411 g/mol. The van der Waals surface area contributed by atoms with Crippen molar-refractivity contribution in [2.75, 3.05) is 16.8 Å². The number of nitrogens with zero attached hydrogens (tertiary/aromatic N) is 2. The number of carbonyl (C=O) groups excluding carboxylic acids is 2. The highest BCUT2D eigenvalue weighted by molar-refractivity contribution is 7.99. The molecule has 0 fully saturated rings. The number of hydrogen-bond acceptors (Lipinski definition) is 4. The Labute approximate surface area is 169 Å². The second-order valence-corrected chi connectivity index (χ2v) is 7.30. The first-order valence-corrected chi connectivity index (χ1v) is 9.64. The molecule has 0 aliphatic carbocycles. The third-order valence-corrected chi connectivity index (χ3v) is 5.53. The van der Waals surface area contributed by atoms with Gasteiger partial charge in [-0.15, -0.1) is 0 Å². The lowest BCUT2D eigenvalue weighted by Crippen LogP contribution is -2.30. The Morgan fingerprint density at radius 1 is 1.14 bits per heavy atom. The fourth-order valence-electron chi connectivity index (χ4n) is 3.05. The van der Waals surface area contributed by atoms with E-state index in [0.717, 1.165) is 17.0 Å². The molecule has 2 heterocycles. The van der Waals surface area contributed by atoms with Gasteiger partial charge in [-0.25, -0.2) is 13.8 Å². The van der Waals surface area contributed by atoms with Gasteiger partial charge in [-0.3, -0.25) is 9.59 Å². The van der Waals surface area contributed by atoms with Gasteiger partial charge in [-0.1, -0.05) is 11.8 Å². The van der Waals surface area contributed by atoms with Crippen LogP contribution in [0.3, 0.4) is 0 Å². The summed E-state index contributed by atoms with van der Waals surface area (Å²) in [5.74, 6) is -2.81. The van der Waals surface area contributed by atoms with Crippen molar-refractivity contribution in [3.05, 3.63) is 77.5 Å². The molecule has 0 radical (unpaired) electrons. The maximum Gasteiger partial charge on any atom is 0.261 e.